The Morgan fingerprint density at radius 3 is 2.84 bits per heavy atom. The second-order valence-electron chi connectivity index (χ2n) is 5.95. The van der Waals surface area contributed by atoms with Crippen molar-refractivity contribution in [2.45, 2.75) is 13.0 Å². The van der Waals surface area contributed by atoms with Gasteiger partial charge in [0.1, 0.15) is 11.9 Å². The summed E-state index contributed by atoms with van der Waals surface area (Å²) in [5.74, 6) is -0.268. The number of amidine groups is 1. The standard InChI is InChI=1S/C18H21N5O2/c1-12-2-4-13(5-3-12)22-15-10-21-7-6-14(15)17(19)23-8-9-25-11-16(23)18(20)24/h2-7,10,16,19,22H,8-9,11H2,1H3,(H2,20,24). The molecule has 1 saturated heterocycles. The Hall–Kier alpha value is -2.93. The third-order valence-electron chi connectivity index (χ3n) is 4.15. The van der Waals surface area contributed by atoms with Crippen LogP contribution in [0.4, 0.5) is 11.4 Å². The summed E-state index contributed by atoms with van der Waals surface area (Å²) in [4.78, 5) is 17.5. The number of carbonyl (C=O) groups excluding carboxylic acids is 1. The van der Waals surface area contributed by atoms with Crippen LogP contribution in [0.3, 0.4) is 0 Å². The number of ether oxygens (including phenoxy) is 1. The molecule has 0 aliphatic carbocycles. The van der Waals surface area contributed by atoms with Crippen molar-refractivity contribution in [3.63, 3.8) is 0 Å². The summed E-state index contributed by atoms with van der Waals surface area (Å²) >= 11 is 0. The molecule has 1 aromatic heterocycles. The molecule has 7 nitrogen and oxygen atoms in total. The molecule has 0 bridgehead atoms. The van der Waals surface area contributed by atoms with Gasteiger partial charge in [0.15, 0.2) is 0 Å². The van der Waals surface area contributed by atoms with Crippen molar-refractivity contribution >= 4 is 23.1 Å². The molecule has 1 aliphatic rings. The molecule has 130 valence electrons. The van der Waals surface area contributed by atoms with E-state index in [1.807, 2.05) is 31.2 Å². The summed E-state index contributed by atoms with van der Waals surface area (Å²) < 4.78 is 5.33. The molecule has 0 saturated carbocycles. The Balaban J connectivity index is 1.87. The van der Waals surface area contributed by atoms with Crippen LogP contribution in [0.2, 0.25) is 0 Å². The molecule has 1 fully saturated rings. The molecule has 1 aromatic carbocycles. The van der Waals surface area contributed by atoms with Crippen LogP contribution >= 0.6 is 0 Å². The van der Waals surface area contributed by atoms with E-state index < -0.39 is 11.9 Å². The zero-order valence-electron chi connectivity index (χ0n) is 14.0. The maximum atomic E-state index is 11.7. The van der Waals surface area contributed by atoms with Crippen LogP contribution in [0, 0.1) is 12.3 Å². The molecule has 2 aromatic rings. The van der Waals surface area contributed by atoms with Crippen LogP contribution in [0.1, 0.15) is 11.1 Å². The number of pyridine rings is 1. The molecule has 4 N–H and O–H groups in total. The van der Waals surface area contributed by atoms with Gasteiger partial charge in [0.25, 0.3) is 0 Å². The van der Waals surface area contributed by atoms with Crippen molar-refractivity contribution < 1.29 is 9.53 Å². The van der Waals surface area contributed by atoms with E-state index in [0.29, 0.717) is 24.4 Å². The number of aromatic nitrogens is 1. The lowest BCUT2D eigenvalue weighted by molar-refractivity contribution is -0.126. The number of nitrogens with one attached hydrogen (secondary N) is 2. The minimum absolute atomic E-state index is 0.198. The fourth-order valence-electron chi connectivity index (χ4n) is 2.75. The molecular formula is C18H21N5O2. The van der Waals surface area contributed by atoms with Gasteiger partial charge in [-0.1, -0.05) is 17.7 Å². The number of hydrogen-bond acceptors (Lipinski definition) is 5. The highest BCUT2D eigenvalue weighted by molar-refractivity contribution is 6.03. The number of primary amides is 1. The topological polar surface area (TPSA) is 104 Å². The SMILES string of the molecule is Cc1ccc(Nc2cnccc2C(=N)N2CCOCC2C(N)=O)cc1. The normalized spacial score (nSPS) is 17.2. The first-order valence-electron chi connectivity index (χ1n) is 8.06. The second kappa shape index (κ2) is 7.31. The number of nitrogens with two attached hydrogens (primary N) is 1. The zero-order valence-corrected chi connectivity index (χ0v) is 14.0. The van der Waals surface area contributed by atoms with E-state index in [2.05, 4.69) is 10.3 Å². The molecule has 1 unspecified atom stereocenters. The lowest BCUT2D eigenvalue weighted by Crippen LogP contribution is -2.54. The molecule has 1 atom stereocenters. The molecule has 3 rings (SSSR count). The van der Waals surface area contributed by atoms with Gasteiger partial charge in [0.05, 0.1) is 25.1 Å². The first-order valence-corrected chi connectivity index (χ1v) is 8.06. The Morgan fingerprint density at radius 2 is 2.12 bits per heavy atom. The number of anilines is 2. The highest BCUT2D eigenvalue weighted by Gasteiger charge is 2.30. The van der Waals surface area contributed by atoms with Crippen LogP contribution in [0.15, 0.2) is 42.7 Å². The number of carbonyl (C=O) groups is 1. The number of rotatable bonds is 4. The smallest absolute Gasteiger partial charge is 0.242 e. The van der Waals surface area contributed by atoms with E-state index in [9.17, 15) is 4.79 Å². The van der Waals surface area contributed by atoms with E-state index in [4.69, 9.17) is 15.9 Å². The van der Waals surface area contributed by atoms with Gasteiger partial charge in [-0.3, -0.25) is 15.2 Å². The predicted octanol–water partition coefficient (Wildman–Crippen LogP) is 1.65. The maximum Gasteiger partial charge on any atom is 0.242 e. The number of nitrogens with zero attached hydrogens (tertiary/aromatic N) is 2. The van der Waals surface area contributed by atoms with E-state index >= 15 is 0 Å². The van der Waals surface area contributed by atoms with Crippen LogP contribution in [-0.4, -0.2) is 47.4 Å². The molecule has 1 amide bonds. The van der Waals surface area contributed by atoms with Gasteiger partial charge in [0, 0.05) is 24.0 Å². The molecule has 7 heteroatoms. The lowest BCUT2D eigenvalue weighted by atomic mass is 10.1. The van der Waals surface area contributed by atoms with Gasteiger partial charge < -0.3 is 20.7 Å². The van der Waals surface area contributed by atoms with Gasteiger partial charge >= 0.3 is 0 Å². The lowest BCUT2D eigenvalue weighted by Gasteiger charge is -2.35. The summed E-state index contributed by atoms with van der Waals surface area (Å²) in [6.45, 7) is 3.12. The van der Waals surface area contributed by atoms with Gasteiger partial charge in [-0.05, 0) is 25.1 Å². The largest absolute Gasteiger partial charge is 0.377 e. The fourth-order valence-corrected chi connectivity index (χ4v) is 2.75. The van der Waals surface area contributed by atoms with Crippen LogP contribution < -0.4 is 11.1 Å². The van der Waals surface area contributed by atoms with Gasteiger partial charge in [-0.15, -0.1) is 0 Å². The summed E-state index contributed by atoms with van der Waals surface area (Å²) in [5.41, 5.74) is 8.89. The van der Waals surface area contributed by atoms with Crippen LogP contribution in [-0.2, 0) is 9.53 Å². The molecule has 25 heavy (non-hydrogen) atoms. The van der Waals surface area contributed by atoms with E-state index in [1.165, 1.54) is 5.56 Å². The third-order valence-corrected chi connectivity index (χ3v) is 4.15. The average Bonchev–Trinajstić information content (AvgIpc) is 2.63. The fraction of sp³-hybridized carbons (Fsp3) is 0.278. The van der Waals surface area contributed by atoms with E-state index in [0.717, 1.165) is 5.69 Å². The predicted molar refractivity (Wildman–Crippen MR) is 96.0 cm³/mol. The minimum atomic E-state index is -0.637. The van der Waals surface area contributed by atoms with Crippen molar-refractivity contribution in [1.29, 1.82) is 5.41 Å². The highest BCUT2D eigenvalue weighted by atomic mass is 16.5. The van der Waals surface area contributed by atoms with Gasteiger partial charge in [-0.2, -0.15) is 0 Å². The number of aryl methyl sites for hydroxylation is 1. The van der Waals surface area contributed by atoms with Crippen LogP contribution in [0.5, 0.6) is 0 Å². The van der Waals surface area contributed by atoms with Crippen molar-refractivity contribution in [3.8, 4) is 0 Å². The van der Waals surface area contributed by atoms with E-state index in [1.54, 1.807) is 23.4 Å². The van der Waals surface area contributed by atoms with Crippen molar-refractivity contribution in [2.75, 3.05) is 25.1 Å². The van der Waals surface area contributed by atoms with Gasteiger partial charge in [-0.25, -0.2) is 0 Å². The van der Waals surface area contributed by atoms with Crippen molar-refractivity contribution in [1.82, 2.24) is 9.88 Å². The zero-order chi connectivity index (χ0) is 17.8. The molecule has 1 aliphatic heterocycles. The minimum Gasteiger partial charge on any atom is -0.377 e. The number of morpholine rings is 1. The summed E-state index contributed by atoms with van der Waals surface area (Å²) in [6.07, 6.45) is 3.30. The average molecular weight is 339 g/mol. The third kappa shape index (κ3) is 3.77. The Morgan fingerprint density at radius 1 is 1.36 bits per heavy atom. The Labute approximate surface area is 146 Å². The van der Waals surface area contributed by atoms with E-state index in [-0.39, 0.29) is 12.4 Å². The van der Waals surface area contributed by atoms with Crippen LogP contribution in [0.25, 0.3) is 0 Å². The molecule has 2 heterocycles. The molecular weight excluding hydrogens is 318 g/mol. The summed E-state index contributed by atoms with van der Waals surface area (Å²) in [7, 11) is 0. The summed E-state index contributed by atoms with van der Waals surface area (Å²) in [6, 6.07) is 9.07. The molecule has 0 radical (unpaired) electrons. The highest BCUT2D eigenvalue weighted by Crippen LogP contribution is 2.23. The quantitative estimate of drug-likeness (QED) is 0.580. The number of amides is 1. The first-order chi connectivity index (χ1) is 12.1. The molecule has 0 spiro atoms. The Kier molecular flexibility index (Phi) is 4.95. The Bertz CT molecular complexity index is 775. The second-order valence-corrected chi connectivity index (χ2v) is 5.95. The first kappa shape index (κ1) is 16.9. The summed E-state index contributed by atoms with van der Waals surface area (Å²) in [5, 5.41) is 11.9. The monoisotopic (exact) mass is 339 g/mol. The van der Waals surface area contributed by atoms with Crippen molar-refractivity contribution in [2.24, 2.45) is 5.73 Å². The van der Waals surface area contributed by atoms with Gasteiger partial charge in [0.2, 0.25) is 5.91 Å². The maximum absolute atomic E-state index is 11.7. The van der Waals surface area contributed by atoms with Crippen molar-refractivity contribution in [3.05, 3.63) is 53.9 Å². The number of hydrogen-bond donors (Lipinski definition) is 3. The number of benzene rings is 1.